The fraction of sp³-hybridized carbons (Fsp3) is 0.889. The lowest BCUT2D eigenvalue weighted by Gasteiger charge is -2.14. The van der Waals surface area contributed by atoms with Crippen LogP contribution in [0.3, 0.4) is 0 Å². The van der Waals surface area contributed by atoms with Gasteiger partial charge in [-0.25, -0.2) is 0 Å². The molecule has 12 heavy (non-hydrogen) atoms. The van der Waals surface area contributed by atoms with E-state index in [4.69, 9.17) is 4.74 Å². The molecule has 0 radical (unpaired) electrons. The Hall–Kier alpha value is -0.313. The fourth-order valence-electron chi connectivity index (χ4n) is 0.814. The van der Waals surface area contributed by atoms with Crippen LogP contribution in [0.1, 0.15) is 19.8 Å². The second-order valence-corrected chi connectivity index (χ2v) is 9.79. The van der Waals surface area contributed by atoms with Gasteiger partial charge in [0.1, 0.15) is 0 Å². The number of rotatable bonds is 5. The number of carbonyl (C=O) groups is 1. The monoisotopic (exact) mass is 188 g/mol. The molecule has 0 aromatic rings. The third kappa shape index (κ3) is 7.79. The van der Waals surface area contributed by atoms with Gasteiger partial charge in [-0.3, -0.25) is 4.79 Å². The van der Waals surface area contributed by atoms with E-state index in [9.17, 15) is 4.79 Å². The van der Waals surface area contributed by atoms with Crippen LogP contribution in [0, 0.1) is 0 Å². The van der Waals surface area contributed by atoms with Crippen molar-refractivity contribution in [3.8, 4) is 0 Å². The van der Waals surface area contributed by atoms with Crippen LogP contribution in [-0.4, -0.2) is 20.7 Å². The molecule has 0 fully saturated rings. The normalized spacial score (nSPS) is 11.3. The molecule has 0 amide bonds. The van der Waals surface area contributed by atoms with Crippen LogP contribution in [-0.2, 0) is 9.53 Å². The minimum absolute atomic E-state index is 0.0115. The fourth-order valence-corrected chi connectivity index (χ4v) is 1.78. The van der Waals surface area contributed by atoms with Crippen molar-refractivity contribution in [2.45, 2.75) is 45.5 Å². The van der Waals surface area contributed by atoms with E-state index >= 15 is 0 Å². The first kappa shape index (κ1) is 11.7. The van der Waals surface area contributed by atoms with Crippen molar-refractivity contribution in [2.75, 3.05) is 6.61 Å². The van der Waals surface area contributed by atoms with Crippen molar-refractivity contribution < 1.29 is 9.53 Å². The van der Waals surface area contributed by atoms with Crippen LogP contribution in [0.15, 0.2) is 0 Å². The van der Waals surface area contributed by atoms with Crippen molar-refractivity contribution in [3.05, 3.63) is 0 Å². The van der Waals surface area contributed by atoms with Gasteiger partial charge in [0.2, 0.25) is 0 Å². The first-order valence-corrected chi connectivity index (χ1v) is 8.32. The maximum absolute atomic E-state index is 11.1. The molecule has 0 aromatic carbocycles. The molecule has 0 bridgehead atoms. The third-order valence-electron chi connectivity index (χ3n) is 1.44. The average Bonchev–Trinajstić information content (AvgIpc) is 1.84. The Morgan fingerprint density at radius 3 is 2.33 bits per heavy atom. The Bertz CT molecular complexity index is 138. The standard InChI is InChI=1S/C9H20O2Si/c1-5-6-7-11-9(10)8-12(2,3)4/h5-8H2,1-4H3. The maximum atomic E-state index is 11.1. The number of hydrogen-bond acceptors (Lipinski definition) is 2. The van der Waals surface area contributed by atoms with Gasteiger partial charge in [0.25, 0.3) is 0 Å². The Morgan fingerprint density at radius 2 is 1.92 bits per heavy atom. The number of ether oxygens (including phenoxy) is 1. The maximum Gasteiger partial charge on any atom is 0.303 e. The van der Waals surface area contributed by atoms with Gasteiger partial charge in [0.15, 0.2) is 0 Å². The van der Waals surface area contributed by atoms with E-state index in [-0.39, 0.29) is 5.97 Å². The molecule has 0 saturated heterocycles. The van der Waals surface area contributed by atoms with E-state index in [0.29, 0.717) is 12.7 Å². The largest absolute Gasteiger partial charge is 0.466 e. The Morgan fingerprint density at radius 1 is 1.33 bits per heavy atom. The smallest absolute Gasteiger partial charge is 0.303 e. The van der Waals surface area contributed by atoms with Crippen LogP contribution in [0.25, 0.3) is 0 Å². The summed E-state index contributed by atoms with van der Waals surface area (Å²) in [5, 5.41) is 0. The zero-order valence-corrected chi connectivity index (χ0v) is 9.64. The summed E-state index contributed by atoms with van der Waals surface area (Å²) in [4.78, 5) is 11.1. The molecular formula is C9H20O2Si. The Balaban J connectivity index is 3.47. The van der Waals surface area contributed by atoms with Crippen LogP contribution < -0.4 is 0 Å². The van der Waals surface area contributed by atoms with E-state index < -0.39 is 8.07 Å². The molecular weight excluding hydrogens is 168 g/mol. The van der Waals surface area contributed by atoms with Crippen molar-refractivity contribution in [3.63, 3.8) is 0 Å². The van der Waals surface area contributed by atoms with Crippen LogP contribution >= 0.6 is 0 Å². The topological polar surface area (TPSA) is 26.3 Å². The van der Waals surface area contributed by atoms with Crippen LogP contribution in [0.5, 0.6) is 0 Å². The zero-order valence-electron chi connectivity index (χ0n) is 8.64. The highest BCUT2D eigenvalue weighted by Crippen LogP contribution is 2.08. The van der Waals surface area contributed by atoms with Gasteiger partial charge in [-0.1, -0.05) is 33.0 Å². The molecule has 72 valence electrons. The third-order valence-corrected chi connectivity index (χ3v) is 2.78. The summed E-state index contributed by atoms with van der Waals surface area (Å²) >= 11 is 0. The van der Waals surface area contributed by atoms with Gasteiger partial charge >= 0.3 is 5.97 Å². The minimum atomic E-state index is -1.26. The zero-order chi connectivity index (χ0) is 9.61. The van der Waals surface area contributed by atoms with Gasteiger partial charge in [-0.05, 0) is 6.42 Å². The van der Waals surface area contributed by atoms with Crippen LogP contribution in [0.4, 0.5) is 0 Å². The van der Waals surface area contributed by atoms with Gasteiger partial charge in [0, 0.05) is 6.04 Å². The van der Waals surface area contributed by atoms with E-state index in [1.165, 1.54) is 0 Å². The molecule has 0 N–H and O–H groups in total. The summed E-state index contributed by atoms with van der Waals surface area (Å²) in [6.07, 6.45) is 2.07. The number of hydrogen-bond donors (Lipinski definition) is 0. The second-order valence-electron chi connectivity index (χ2n) is 4.31. The van der Waals surface area contributed by atoms with Crippen molar-refractivity contribution in [1.29, 1.82) is 0 Å². The lowest BCUT2D eigenvalue weighted by molar-refractivity contribution is -0.141. The molecule has 0 unspecified atom stereocenters. The second kappa shape index (κ2) is 5.35. The van der Waals surface area contributed by atoms with Crippen molar-refractivity contribution in [1.82, 2.24) is 0 Å². The Labute approximate surface area is 76.3 Å². The molecule has 3 heteroatoms. The number of unbranched alkanes of at least 4 members (excludes halogenated alkanes) is 1. The number of carbonyl (C=O) groups excluding carboxylic acids is 1. The molecule has 0 aliphatic rings. The average molecular weight is 188 g/mol. The summed E-state index contributed by atoms with van der Waals surface area (Å²) in [7, 11) is -1.26. The molecule has 0 saturated carbocycles. The predicted molar refractivity (Wildman–Crippen MR) is 54.0 cm³/mol. The summed E-state index contributed by atoms with van der Waals surface area (Å²) in [5.41, 5.74) is 0. The lowest BCUT2D eigenvalue weighted by atomic mass is 10.4. The Kier molecular flexibility index (Phi) is 5.21. The van der Waals surface area contributed by atoms with Gasteiger partial charge < -0.3 is 4.74 Å². The van der Waals surface area contributed by atoms with Gasteiger partial charge in [0.05, 0.1) is 14.7 Å². The first-order valence-electron chi connectivity index (χ1n) is 4.61. The van der Waals surface area contributed by atoms with Crippen molar-refractivity contribution >= 4 is 14.0 Å². The van der Waals surface area contributed by atoms with Gasteiger partial charge in [-0.2, -0.15) is 0 Å². The van der Waals surface area contributed by atoms with Gasteiger partial charge in [-0.15, -0.1) is 0 Å². The molecule has 0 aliphatic carbocycles. The van der Waals surface area contributed by atoms with E-state index in [0.717, 1.165) is 12.8 Å². The highest BCUT2D eigenvalue weighted by Gasteiger charge is 2.18. The highest BCUT2D eigenvalue weighted by atomic mass is 28.3. The van der Waals surface area contributed by atoms with E-state index in [1.54, 1.807) is 0 Å². The molecule has 0 aromatic heterocycles. The molecule has 0 aliphatic heterocycles. The molecule has 0 spiro atoms. The van der Waals surface area contributed by atoms with E-state index in [2.05, 4.69) is 26.6 Å². The summed E-state index contributed by atoms with van der Waals surface area (Å²) < 4.78 is 5.05. The summed E-state index contributed by atoms with van der Waals surface area (Å²) in [5.74, 6) is -0.0115. The minimum Gasteiger partial charge on any atom is -0.466 e. The quantitative estimate of drug-likeness (QED) is 0.377. The molecule has 2 nitrogen and oxygen atoms in total. The summed E-state index contributed by atoms with van der Waals surface area (Å²) in [6.45, 7) is 9.21. The molecule has 0 heterocycles. The van der Waals surface area contributed by atoms with E-state index in [1.807, 2.05) is 0 Å². The lowest BCUT2D eigenvalue weighted by Crippen LogP contribution is -2.25. The van der Waals surface area contributed by atoms with Crippen LogP contribution in [0.2, 0.25) is 25.7 Å². The SMILES string of the molecule is CCCCOC(=O)C[Si](C)(C)C. The van der Waals surface area contributed by atoms with Crippen molar-refractivity contribution in [2.24, 2.45) is 0 Å². The molecule has 0 rings (SSSR count). The molecule has 0 atom stereocenters. The summed E-state index contributed by atoms with van der Waals surface area (Å²) in [6, 6.07) is 0.650. The first-order chi connectivity index (χ1) is 5.45. The predicted octanol–water partition coefficient (Wildman–Crippen LogP) is 2.67. The highest BCUT2D eigenvalue weighted by molar-refractivity contribution is 6.78. The number of esters is 1.